The maximum Gasteiger partial charge on any atom is 0.242 e. The van der Waals surface area contributed by atoms with Gasteiger partial charge in [0.2, 0.25) is 10.0 Å². The highest BCUT2D eigenvalue weighted by Gasteiger charge is 2.16. The van der Waals surface area contributed by atoms with Crippen molar-refractivity contribution in [1.29, 1.82) is 0 Å². The first-order valence-electron chi connectivity index (χ1n) is 5.54. The molecule has 0 bridgehead atoms. The zero-order chi connectivity index (χ0) is 14.8. The van der Waals surface area contributed by atoms with Crippen LogP contribution in [0, 0.1) is 0 Å². The van der Waals surface area contributed by atoms with Crippen LogP contribution in [0.4, 0.5) is 0 Å². The van der Waals surface area contributed by atoms with Gasteiger partial charge in [0.05, 0.1) is 5.02 Å². The average Bonchev–Trinajstić information content (AvgIpc) is 2.78. The molecule has 0 aromatic carbocycles. The number of hydrogen-bond donors (Lipinski definition) is 1. The number of aryl methyl sites for hydroxylation is 1. The lowest BCUT2D eigenvalue weighted by molar-refractivity contribution is 0.579. The summed E-state index contributed by atoms with van der Waals surface area (Å²) in [5.74, 6) is 0.681. The second kappa shape index (κ2) is 6.04. The van der Waals surface area contributed by atoms with E-state index < -0.39 is 10.0 Å². The Balaban J connectivity index is 2.04. The van der Waals surface area contributed by atoms with Crippen LogP contribution < -0.4 is 4.72 Å². The SMILES string of the molecule is Cn1cnnc1CCNS(=O)(=O)c1cnc(Cl)c(Cl)c1. The van der Waals surface area contributed by atoms with E-state index in [1.165, 1.54) is 6.07 Å². The van der Waals surface area contributed by atoms with Crippen LogP contribution >= 0.6 is 23.2 Å². The average molecular weight is 336 g/mol. The van der Waals surface area contributed by atoms with Gasteiger partial charge in [-0.3, -0.25) is 0 Å². The lowest BCUT2D eigenvalue weighted by Gasteiger charge is -2.07. The van der Waals surface area contributed by atoms with Crippen molar-refractivity contribution < 1.29 is 8.42 Å². The normalized spacial score (nSPS) is 11.8. The van der Waals surface area contributed by atoms with Crippen LogP contribution in [0.2, 0.25) is 10.2 Å². The Morgan fingerprint density at radius 1 is 1.40 bits per heavy atom. The van der Waals surface area contributed by atoms with Crippen LogP contribution in [-0.2, 0) is 23.5 Å². The van der Waals surface area contributed by atoms with Gasteiger partial charge in [0, 0.05) is 26.2 Å². The molecule has 0 atom stereocenters. The summed E-state index contributed by atoms with van der Waals surface area (Å²) in [5, 5.41) is 7.72. The van der Waals surface area contributed by atoms with E-state index in [-0.39, 0.29) is 21.6 Å². The summed E-state index contributed by atoms with van der Waals surface area (Å²) in [7, 11) is -1.89. The van der Waals surface area contributed by atoms with Gasteiger partial charge in [0.1, 0.15) is 22.2 Å². The number of halogens is 2. The van der Waals surface area contributed by atoms with Crippen molar-refractivity contribution in [3.63, 3.8) is 0 Å². The number of nitrogens with zero attached hydrogens (tertiary/aromatic N) is 4. The molecule has 0 aliphatic carbocycles. The third-order valence-corrected chi connectivity index (χ3v) is 4.64. The predicted octanol–water partition coefficient (Wildman–Crippen LogP) is 1.04. The predicted molar refractivity (Wildman–Crippen MR) is 74.2 cm³/mol. The first kappa shape index (κ1) is 15.2. The van der Waals surface area contributed by atoms with E-state index in [2.05, 4.69) is 19.9 Å². The minimum absolute atomic E-state index is 0.0372. The van der Waals surface area contributed by atoms with E-state index in [1.54, 1.807) is 17.9 Å². The third-order valence-electron chi connectivity index (χ3n) is 2.53. The molecule has 0 aliphatic heterocycles. The van der Waals surface area contributed by atoms with Crippen LogP contribution in [0.15, 0.2) is 23.5 Å². The van der Waals surface area contributed by atoms with Crippen LogP contribution in [-0.4, -0.2) is 34.7 Å². The van der Waals surface area contributed by atoms with Crippen molar-refractivity contribution >= 4 is 33.2 Å². The monoisotopic (exact) mass is 335 g/mol. The van der Waals surface area contributed by atoms with E-state index in [0.717, 1.165) is 6.20 Å². The van der Waals surface area contributed by atoms with E-state index in [9.17, 15) is 8.42 Å². The molecule has 0 fully saturated rings. The molecular formula is C10H11Cl2N5O2S. The molecule has 0 saturated carbocycles. The molecule has 2 aromatic rings. The van der Waals surface area contributed by atoms with Crippen molar-refractivity contribution in [2.24, 2.45) is 7.05 Å². The summed E-state index contributed by atoms with van der Waals surface area (Å²) in [6.07, 6.45) is 3.12. The molecule has 0 saturated heterocycles. The number of hydrogen-bond acceptors (Lipinski definition) is 5. The van der Waals surface area contributed by atoms with Crippen molar-refractivity contribution in [2.75, 3.05) is 6.54 Å². The second-order valence-corrected chi connectivity index (χ2v) is 6.48. The van der Waals surface area contributed by atoms with Gasteiger partial charge in [-0.25, -0.2) is 18.1 Å². The minimum atomic E-state index is -3.68. The van der Waals surface area contributed by atoms with Gasteiger partial charge in [-0.1, -0.05) is 23.2 Å². The van der Waals surface area contributed by atoms with E-state index >= 15 is 0 Å². The van der Waals surface area contributed by atoms with E-state index in [4.69, 9.17) is 23.2 Å². The lowest BCUT2D eigenvalue weighted by atomic mass is 10.4. The van der Waals surface area contributed by atoms with E-state index in [1.807, 2.05) is 0 Å². The van der Waals surface area contributed by atoms with Crippen LogP contribution in [0.3, 0.4) is 0 Å². The molecule has 1 N–H and O–H groups in total. The minimum Gasteiger partial charge on any atom is -0.321 e. The smallest absolute Gasteiger partial charge is 0.242 e. The fourth-order valence-corrected chi connectivity index (χ4v) is 2.80. The zero-order valence-corrected chi connectivity index (χ0v) is 12.7. The summed E-state index contributed by atoms with van der Waals surface area (Å²) in [6, 6.07) is 1.25. The summed E-state index contributed by atoms with van der Waals surface area (Å²) >= 11 is 11.4. The summed E-state index contributed by atoms with van der Waals surface area (Å²) in [4.78, 5) is 3.67. The number of aromatic nitrogens is 4. The molecule has 7 nitrogen and oxygen atoms in total. The Labute approximate surface area is 126 Å². The highest BCUT2D eigenvalue weighted by molar-refractivity contribution is 7.89. The van der Waals surface area contributed by atoms with Crippen molar-refractivity contribution in [3.05, 3.63) is 34.6 Å². The van der Waals surface area contributed by atoms with Gasteiger partial charge < -0.3 is 4.57 Å². The van der Waals surface area contributed by atoms with Gasteiger partial charge in [-0.15, -0.1) is 10.2 Å². The number of rotatable bonds is 5. The molecule has 10 heteroatoms. The van der Waals surface area contributed by atoms with Crippen molar-refractivity contribution in [3.8, 4) is 0 Å². The molecular weight excluding hydrogens is 325 g/mol. The largest absolute Gasteiger partial charge is 0.321 e. The fourth-order valence-electron chi connectivity index (χ4n) is 1.46. The molecule has 2 aromatic heterocycles. The van der Waals surface area contributed by atoms with Crippen LogP contribution in [0.5, 0.6) is 0 Å². The molecule has 2 heterocycles. The molecule has 108 valence electrons. The van der Waals surface area contributed by atoms with Crippen LogP contribution in [0.1, 0.15) is 5.82 Å². The zero-order valence-electron chi connectivity index (χ0n) is 10.4. The Morgan fingerprint density at radius 2 is 2.15 bits per heavy atom. The standard InChI is InChI=1S/C10H11Cl2N5O2S/c1-17-6-14-16-9(17)2-3-15-20(18,19)7-4-8(11)10(12)13-5-7/h4-6,15H,2-3H2,1H3. The van der Waals surface area contributed by atoms with Crippen LogP contribution in [0.25, 0.3) is 0 Å². The summed E-state index contributed by atoms with van der Waals surface area (Å²) < 4.78 is 28.2. The molecule has 0 amide bonds. The van der Waals surface area contributed by atoms with Gasteiger partial charge >= 0.3 is 0 Å². The fraction of sp³-hybridized carbons (Fsp3) is 0.300. The number of pyridine rings is 1. The number of nitrogens with one attached hydrogen (secondary N) is 1. The molecule has 0 radical (unpaired) electrons. The maximum absolute atomic E-state index is 12.0. The Hall–Kier alpha value is -1.22. The van der Waals surface area contributed by atoms with Crippen molar-refractivity contribution in [2.45, 2.75) is 11.3 Å². The quantitative estimate of drug-likeness (QED) is 0.824. The topological polar surface area (TPSA) is 89.8 Å². The van der Waals surface area contributed by atoms with Gasteiger partial charge in [-0.2, -0.15) is 0 Å². The second-order valence-electron chi connectivity index (χ2n) is 3.95. The van der Waals surface area contributed by atoms with Crippen molar-refractivity contribution in [1.82, 2.24) is 24.5 Å². The van der Waals surface area contributed by atoms with Gasteiger partial charge in [-0.05, 0) is 6.07 Å². The molecule has 2 rings (SSSR count). The van der Waals surface area contributed by atoms with Gasteiger partial charge in [0.25, 0.3) is 0 Å². The molecule has 0 unspecified atom stereocenters. The lowest BCUT2D eigenvalue weighted by Crippen LogP contribution is -2.26. The highest BCUT2D eigenvalue weighted by Crippen LogP contribution is 2.21. The Kier molecular flexibility index (Phi) is 4.59. The molecule has 0 aliphatic rings. The molecule has 0 spiro atoms. The maximum atomic E-state index is 12.0. The third kappa shape index (κ3) is 3.45. The number of sulfonamides is 1. The summed E-state index contributed by atoms with van der Waals surface area (Å²) in [5.41, 5.74) is 0. The Morgan fingerprint density at radius 3 is 2.75 bits per heavy atom. The van der Waals surface area contributed by atoms with Gasteiger partial charge in [0.15, 0.2) is 0 Å². The first-order chi connectivity index (χ1) is 9.40. The first-order valence-corrected chi connectivity index (χ1v) is 7.77. The highest BCUT2D eigenvalue weighted by atomic mass is 35.5. The summed E-state index contributed by atoms with van der Waals surface area (Å²) in [6.45, 7) is 0.190. The molecule has 20 heavy (non-hydrogen) atoms. The van der Waals surface area contributed by atoms with E-state index in [0.29, 0.717) is 12.2 Å². The Bertz CT molecular complexity index is 716.